The molecule has 0 radical (unpaired) electrons. The summed E-state index contributed by atoms with van der Waals surface area (Å²) in [5, 5.41) is 2.64. The van der Waals surface area contributed by atoms with Crippen LogP contribution in [0.4, 0.5) is 10.1 Å². The molecule has 1 amide bonds. The summed E-state index contributed by atoms with van der Waals surface area (Å²) in [7, 11) is 0. The van der Waals surface area contributed by atoms with Crippen LogP contribution in [0.3, 0.4) is 0 Å². The maximum atomic E-state index is 12.8. The van der Waals surface area contributed by atoms with Gasteiger partial charge in [0.1, 0.15) is 11.3 Å². The van der Waals surface area contributed by atoms with Crippen molar-refractivity contribution in [2.24, 2.45) is 0 Å². The maximum Gasteiger partial charge on any atom is 0.417 e. The Morgan fingerprint density at radius 1 is 1.15 bits per heavy atom. The van der Waals surface area contributed by atoms with Crippen LogP contribution >= 0.6 is 0 Å². The molecule has 0 fully saturated rings. The lowest BCUT2D eigenvalue weighted by atomic mass is 10.2. The van der Waals surface area contributed by atoms with Gasteiger partial charge >= 0.3 is 5.76 Å². The van der Waals surface area contributed by atoms with Crippen LogP contribution in [0.25, 0.3) is 11.1 Å². The van der Waals surface area contributed by atoms with E-state index < -0.39 is 17.5 Å². The Morgan fingerprint density at radius 3 is 2.65 bits per heavy atom. The minimum absolute atomic E-state index is 0.314. The van der Waals surface area contributed by atoms with Gasteiger partial charge in [-0.25, -0.2) is 9.18 Å². The third kappa shape index (κ3) is 2.18. The van der Waals surface area contributed by atoms with Crippen molar-refractivity contribution >= 4 is 22.7 Å². The lowest BCUT2D eigenvalue weighted by Crippen LogP contribution is -2.12. The van der Waals surface area contributed by atoms with Gasteiger partial charge in [0, 0.05) is 5.56 Å². The number of aromatic nitrogens is 1. The number of fused-ring (bicyclic) bond motifs is 1. The van der Waals surface area contributed by atoms with Crippen molar-refractivity contribution in [3.63, 3.8) is 0 Å². The standard InChI is InChI=1S/C14H9FN2O3/c15-9-6-4-8(5-7-9)13(18)16-10-2-1-3-11-12(10)17-14(19)20-11/h1-7H,(H,16,18)(H,17,19). The first-order valence-corrected chi connectivity index (χ1v) is 5.82. The number of carbonyl (C=O) groups is 1. The molecule has 6 heteroatoms. The summed E-state index contributed by atoms with van der Waals surface area (Å²) >= 11 is 0. The quantitative estimate of drug-likeness (QED) is 0.752. The molecule has 0 aliphatic carbocycles. The summed E-state index contributed by atoms with van der Waals surface area (Å²) in [6.07, 6.45) is 0. The summed E-state index contributed by atoms with van der Waals surface area (Å²) < 4.78 is 17.7. The molecule has 0 spiro atoms. The van der Waals surface area contributed by atoms with Crippen LogP contribution in [0, 0.1) is 5.82 Å². The van der Waals surface area contributed by atoms with Crippen LogP contribution < -0.4 is 11.1 Å². The van der Waals surface area contributed by atoms with Crippen molar-refractivity contribution in [2.75, 3.05) is 5.32 Å². The Morgan fingerprint density at radius 2 is 1.90 bits per heavy atom. The smallest absolute Gasteiger partial charge is 0.408 e. The van der Waals surface area contributed by atoms with Crippen LogP contribution in [0.15, 0.2) is 51.7 Å². The average molecular weight is 272 g/mol. The average Bonchev–Trinajstić information content (AvgIpc) is 2.81. The van der Waals surface area contributed by atoms with E-state index in [1.807, 2.05) is 0 Å². The fraction of sp³-hybridized carbons (Fsp3) is 0. The van der Waals surface area contributed by atoms with Gasteiger partial charge in [0.25, 0.3) is 5.91 Å². The number of halogens is 1. The van der Waals surface area contributed by atoms with Gasteiger partial charge in [-0.05, 0) is 36.4 Å². The van der Waals surface area contributed by atoms with Crippen LogP contribution in [-0.4, -0.2) is 10.9 Å². The van der Waals surface area contributed by atoms with E-state index in [4.69, 9.17) is 4.42 Å². The van der Waals surface area contributed by atoms with Gasteiger partial charge < -0.3 is 9.73 Å². The fourth-order valence-corrected chi connectivity index (χ4v) is 1.87. The normalized spacial score (nSPS) is 10.7. The van der Waals surface area contributed by atoms with E-state index in [-0.39, 0.29) is 0 Å². The number of amides is 1. The highest BCUT2D eigenvalue weighted by Crippen LogP contribution is 2.20. The highest BCUT2D eigenvalue weighted by molar-refractivity contribution is 6.07. The number of nitrogens with one attached hydrogen (secondary N) is 2. The topological polar surface area (TPSA) is 75.1 Å². The minimum atomic E-state index is -0.594. The summed E-state index contributed by atoms with van der Waals surface area (Å²) in [6.45, 7) is 0. The molecule has 0 atom stereocenters. The first-order valence-electron chi connectivity index (χ1n) is 5.82. The van der Waals surface area contributed by atoms with E-state index in [1.165, 1.54) is 24.3 Å². The minimum Gasteiger partial charge on any atom is -0.408 e. The number of hydrogen-bond donors (Lipinski definition) is 2. The SMILES string of the molecule is O=C(Nc1cccc2oc(=O)[nH]c12)c1ccc(F)cc1. The highest BCUT2D eigenvalue weighted by atomic mass is 19.1. The first kappa shape index (κ1) is 12.2. The third-order valence-corrected chi connectivity index (χ3v) is 2.81. The van der Waals surface area contributed by atoms with E-state index in [0.29, 0.717) is 22.4 Å². The molecule has 0 bridgehead atoms. The zero-order chi connectivity index (χ0) is 14.1. The van der Waals surface area contributed by atoms with E-state index in [9.17, 15) is 14.0 Å². The van der Waals surface area contributed by atoms with Gasteiger partial charge in [0.15, 0.2) is 5.58 Å². The largest absolute Gasteiger partial charge is 0.417 e. The van der Waals surface area contributed by atoms with Crippen molar-refractivity contribution in [2.45, 2.75) is 0 Å². The molecule has 0 unspecified atom stereocenters. The van der Waals surface area contributed by atoms with Crippen molar-refractivity contribution in [3.8, 4) is 0 Å². The second-order valence-electron chi connectivity index (χ2n) is 4.15. The molecule has 0 saturated heterocycles. The molecule has 2 aromatic carbocycles. The lowest BCUT2D eigenvalue weighted by Gasteiger charge is -2.05. The lowest BCUT2D eigenvalue weighted by molar-refractivity contribution is 0.102. The van der Waals surface area contributed by atoms with Crippen molar-refractivity contribution < 1.29 is 13.6 Å². The number of para-hydroxylation sites is 1. The molecule has 0 aliphatic rings. The summed E-state index contributed by atoms with van der Waals surface area (Å²) in [6, 6.07) is 10.1. The van der Waals surface area contributed by atoms with Gasteiger partial charge in [-0.1, -0.05) is 6.07 Å². The van der Waals surface area contributed by atoms with Gasteiger partial charge in [-0.2, -0.15) is 0 Å². The Kier molecular flexibility index (Phi) is 2.83. The van der Waals surface area contributed by atoms with Crippen LogP contribution in [0.1, 0.15) is 10.4 Å². The molecule has 20 heavy (non-hydrogen) atoms. The molecule has 5 nitrogen and oxygen atoms in total. The molecular formula is C14H9FN2O3. The van der Waals surface area contributed by atoms with E-state index in [1.54, 1.807) is 18.2 Å². The van der Waals surface area contributed by atoms with E-state index in [2.05, 4.69) is 10.3 Å². The number of benzene rings is 2. The second kappa shape index (κ2) is 4.65. The number of rotatable bonds is 2. The number of oxazole rings is 1. The molecule has 3 aromatic rings. The number of carbonyl (C=O) groups excluding carboxylic acids is 1. The first-order chi connectivity index (χ1) is 9.63. The van der Waals surface area contributed by atoms with Crippen molar-refractivity contribution in [1.82, 2.24) is 4.98 Å². The van der Waals surface area contributed by atoms with Gasteiger partial charge in [0.05, 0.1) is 5.69 Å². The zero-order valence-corrected chi connectivity index (χ0v) is 10.1. The number of H-pyrrole nitrogens is 1. The molecule has 0 aliphatic heterocycles. The van der Waals surface area contributed by atoms with Gasteiger partial charge in [-0.3, -0.25) is 9.78 Å². The van der Waals surface area contributed by atoms with Crippen molar-refractivity contribution in [1.29, 1.82) is 0 Å². The monoisotopic (exact) mass is 272 g/mol. The number of hydrogen-bond acceptors (Lipinski definition) is 3. The summed E-state index contributed by atoms with van der Waals surface area (Å²) in [5.74, 6) is -1.41. The molecule has 0 saturated carbocycles. The number of anilines is 1. The van der Waals surface area contributed by atoms with Crippen LogP contribution in [-0.2, 0) is 0 Å². The Bertz CT molecular complexity index is 833. The maximum absolute atomic E-state index is 12.8. The Balaban J connectivity index is 1.95. The van der Waals surface area contributed by atoms with E-state index in [0.717, 1.165) is 0 Å². The Hall–Kier alpha value is -2.89. The zero-order valence-electron chi connectivity index (χ0n) is 10.1. The second-order valence-corrected chi connectivity index (χ2v) is 4.15. The third-order valence-electron chi connectivity index (χ3n) is 2.81. The summed E-state index contributed by atoms with van der Waals surface area (Å²) in [5.41, 5.74) is 1.50. The molecule has 1 aromatic heterocycles. The van der Waals surface area contributed by atoms with Gasteiger partial charge in [0.2, 0.25) is 0 Å². The molecule has 3 rings (SSSR count). The predicted molar refractivity (Wildman–Crippen MR) is 71.2 cm³/mol. The predicted octanol–water partition coefficient (Wildman–Crippen LogP) is 2.51. The molecule has 2 N–H and O–H groups in total. The van der Waals surface area contributed by atoms with Crippen molar-refractivity contribution in [3.05, 3.63) is 64.4 Å². The molecule has 1 heterocycles. The molecular weight excluding hydrogens is 263 g/mol. The fourth-order valence-electron chi connectivity index (χ4n) is 1.87. The molecule has 100 valence electrons. The highest BCUT2D eigenvalue weighted by Gasteiger charge is 2.10. The Labute approximate surface area is 112 Å². The number of aromatic amines is 1. The van der Waals surface area contributed by atoms with Crippen LogP contribution in [0.2, 0.25) is 0 Å². The van der Waals surface area contributed by atoms with Gasteiger partial charge in [-0.15, -0.1) is 0 Å². The van der Waals surface area contributed by atoms with Crippen LogP contribution in [0.5, 0.6) is 0 Å². The summed E-state index contributed by atoms with van der Waals surface area (Å²) in [4.78, 5) is 25.7. The van der Waals surface area contributed by atoms with E-state index >= 15 is 0 Å².